The van der Waals surface area contributed by atoms with E-state index in [1.165, 1.54) is 5.56 Å². The smallest absolute Gasteiger partial charge is 0.0417 e. The summed E-state index contributed by atoms with van der Waals surface area (Å²) in [5, 5.41) is 0.773. The van der Waals surface area contributed by atoms with Crippen LogP contribution < -0.4 is 5.73 Å². The third kappa shape index (κ3) is 3.44. The van der Waals surface area contributed by atoms with E-state index in [1.807, 2.05) is 12.1 Å². The number of likely N-dealkylation sites (tertiary alicyclic amines) is 1. The second kappa shape index (κ2) is 5.70. The van der Waals surface area contributed by atoms with Crippen molar-refractivity contribution in [1.29, 1.82) is 0 Å². The second-order valence-electron chi connectivity index (χ2n) is 4.84. The number of hydrogen-bond donors (Lipinski definition) is 1. The highest BCUT2D eigenvalue weighted by atomic mass is 79.9. The molecule has 94 valence electrons. The molecule has 1 aromatic rings. The first-order valence-corrected chi connectivity index (χ1v) is 7.17. The monoisotopic (exact) mass is 316 g/mol. The van der Waals surface area contributed by atoms with Gasteiger partial charge in [0.1, 0.15) is 0 Å². The predicted molar refractivity (Wildman–Crippen MR) is 76.2 cm³/mol. The Labute approximate surface area is 116 Å². The lowest BCUT2D eigenvalue weighted by molar-refractivity contribution is 0.140. The summed E-state index contributed by atoms with van der Waals surface area (Å²) in [7, 11) is 0. The van der Waals surface area contributed by atoms with Crippen molar-refractivity contribution >= 4 is 27.5 Å². The average molecular weight is 318 g/mol. The van der Waals surface area contributed by atoms with Crippen molar-refractivity contribution in [3.8, 4) is 0 Å². The molecule has 0 amide bonds. The molecule has 2 unspecified atom stereocenters. The van der Waals surface area contributed by atoms with Gasteiger partial charge >= 0.3 is 0 Å². The summed E-state index contributed by atoms with van der Waals surface area (Å²) in [5.74, 6) is 0. The van der Waals surface area contributed by atoms with Gasteiger partial charge in [-0.3, -0.25) is 4.90 Å². The fraction of sp³-hybridized carbons (Fsp3) is 0.538. The molecule has 1 fully saturated rings. The minimum atomic E-state index is 0.370. The van der Waals surface area contributed by atoms with Crippen molar-refractivity contribution in [2.45, 2.75) is 38.4 Å². The van der Waals surface area contributed by atoms with Crippen LogP contribution in [0.25, 0.3) is 0 Å². The number of nitrogens with two attached hydrogens (primary N) is 1. The molecule has 0 saturated carbocycles. The standard InChI is InChI=1S/C13H18BrClN2/c1-9-6-12(16)4-5-17(9)8-10-2-3-11(15)7-13(10)14/h2-3,7,9,12H,4-6,8,16H2,1H3. The minimum Gasteiger partial charge on any atom is -0.328 e. The number of hydrogen-bond acceptors (Lipinski definition) is 2. The van der Waals surface area contributed by atoms with Gasteiger partial charge < -0.3 is 5.73 Å². The number of halogens is 2. The van der Waals surface area contributed by atoms with E-state index in [2.05, 4.69) is 33.8 Å². The van der Waals surface area contributed by atoms with Crippen molar-refractivity contribution in [1.82, 2.24) is 4.90 Å². The summed E-state index contributed by atoms with van der Waals surface area (Å²) in [6, 6.07) is 6.92. The molecule has 2 N–H and O–H groups in total. The molecule has 2 nitrogen and oxygen atoms in total. The van der Waals surface area contributed by atoms with Crippen molar-refractivity contribution in [3.05, 3.63) is 33.3 Å². The summed E-state index contributed by atoms with van der Waals surface area (Å²) in [6.07, 6.45) is 2.18. The van der Waals surface area contributed by atoms with Crippen molar-refractivity contribution < 1.29 is 0 Å². The maximum absolute atomic E-state index is 5.98. The van der Waals surface area contributed by atoms with Gasteiger partial charge in [0, 0.05) is 34.7 Å². The second-order valence-corrected chi connectivity index (χ2v) is 6.13. The van der Waals surface area contributed by atoms with Crippen LogP contribution in [0.2, 0.25) is 5.02 Å². The van der Waals surface area contributed by atoms with Gasteiger partial charge in [0.05, 0.1) is 0 Å². The van der Waals surface area contributed by atoms with Gasteiger partial charge in [0.2, 0.25) is 0 Å². The lowest BCUT2D eigenvalue weighted by Crippen LogP contribution is -2.45. The van der Waals surface area contributed by atoms with Crippen LogP contribution in [0.4, 0.5) is 0 Å². The van der Waals surface area contributed by atoms with Crippen molar-refractivity contribution in [2.75, 3.05) is 6.54 Å². The Balaban J connectivity index is 2.05. The van der Waals surface area contributed by atoms with Crippen LogP contribution in [0.3, 0.4) is 0 Å². The van der Waals surface area contributed by atoms with Crippen LogP contribution in [-0.4, -0.2) is 23.5 Å². The highest BCUT2D eigenvalue weighted by Gasteiger charge is 2.23. The van der Waals surface area contributed by atoms with Gasteiger partial charge in [-0.05, 0) is 37.5 Å². The predicted octanol–water partition coefficient (Wildman–Crippen LogP) is 3.41. The van der Waals surface area contributed by atoms with Crippen LogP contribution in [0.5, 0.6) is 0 Å². The zero-order valence-corrected chi connectivity index (χ0v) is 12.3. The van der Waals surface area contributed by atoms with Crippen LogP contribution >= 0.6 is 27.5 Å². The fourth-order valence-corrected chi connectivity index (χ4v) is 3.17. The lowest BCUT2D eigenvalue weighted by atomic mass is 9.98. The highest BCUT2D eigenvalue weighted by molar-refractivity contribution is 9.10. The first-order valence-electron chi connectivity index (χ1n) is 6.00. The zero-order valence-electron chi connectivity index (χ0n) is 10.00. The molecular weight excluding hydrogens is 300 g/mol. The van der Waals surface area contributed by atoms with Gasteiger partial charge in [-0.15, -0.1) is 0 Å². The van der Waals surface area contributed by atoms with Gasteiger partial charge in [0.15, 0.2) is 0 Å². The fourth-order valence-electron chi connectivity index (χ4n) is 2.36. The Bertz CT molecular complexity index is 397. The number of benzene rings is 1. The molecule has 0 radical (unpaired) electrons. The molecule has 17 heavy (non-hydrogen) atoms. The van der Waals surface area contributed by atoms with Gasteiger partial charge in [-0.2, -0.15) is 0 Å². The van der Waals surface area contributed by atoms with Gasteiger partial charge in [-0.25, -0.2) is 0 Å². The first kappa shape index (κ1) is 13.3. The van der Waals surface area contributed by atoms with E-state index in [9.17, 15) is 0 Å². The summed E-state index contributed by atoms with van der Waals surface area (Å²) < 4.78 is 1.09. The summed E-state index contributed by atoms with van der Waals surface area (Å²) >= 11 is 9.52. The Morgan fingerprint density at radius 1 is 1.53 bits per heavy atom. The highest BCUT2D eigenvalue weighted by Crippen LogP contribution is 2.25. The summed E-state index contributed by atoms with van der Waals surface area (Å²) in [4.78, 5) is 2.48. The number of nitrogens with zero attached hydrogens (tertiary/aromatic N) is 1. The average Bonchev–Trinajstić information content (AvgIpc) is 2.25. The molecule has 1 aliphatic heterocycles. The van der Waals surface area contributed by atoms with Crippen molar-refractivity contribution in [3.63, 3.8) is 0 Å². The molecule has 2 rings (SSSR count). The normalized spacial score (nSPS) is 26.1. The number of piperidine rings is 1. The Kier molecular flexibility index (Phi) is 4.47. The molecular formula is C13H18BrClN2. The SMILES string of the molecule is CC1CC(N)CCN1Cc1ccc(Cl)cc1Br. The maximum Gasteiger partial charge on any atom is 0.0417 e. The van der Waals surface area contributed by atoms with Crippen LogP contribution in [0, 0.1) is 0 Å². The maximum atomic E-state index is 5.98. The zero-order chi connectivity index (χ0) is 12.4. The van der Waals surface area contributed by atoms with Crippen LogP contribution in [0.1, 0.15) is 25.3 Å². The molecule has 1 aliphatic rings. The van der Waals surface area contributed by atoms with E-state index in [4.69, 9.17) is 17.3 Å². The number of rotatable bonds is 2. The molecule has 0 aliphatic carbocycles. The van der Waals surface area contributed by atoms with E-state index in [0.29, 0.717) is 12.1 Å². The lowest BCUT2D eigenvalue weighted by Gasteiger charge is -2.36. The van der Waals surface area contributed by atoms with E-state index >= 15 is 0 Å². The first-order chi connectivity index (χ1) is 8.06. The quantitative estimate of drug-likeness (QED) is 0.905. The molecule has 1 saturated heterocycles. The molecule has 1 heterocycles. The largest absolute Gasteiger partial charge is 0.328 e. The molecule has 0 bridgehead atoms. The van der Waals surface area contributed by atoms with E-state index in [-0.39, 0.29) is 0 Å². The Hall–Kier alpha value is -0.0900. The van der Waals surface area contributed by atoms with Crippen molar-refractivity contribution in [2.24, 2.45) is 5.73 Å². The van der Waals surface area contributed by atoms with Gasteiger partial charge in [-0.1, -0.05) is 33.6 Å². The van der Waals surface area contributed by atoms with Gasteiger partial charge in [0.25, 0.3) is 0 Å². The third-order valence-electron chi connectivity index (χ3n) is 3.44. The minimum absolute atomic E-state index is 0.370. The Morgan fingerprint density at radius 2 is 2.29 bits per heavy atom. The van der Waals surface area contributed by atoms with E-state index < -0.39 is 0 Å². The molecule has 2 atom stereocenters. The molecule has 0 spiro atoms. The van der Waals surface area contributed by atoms with E-state index in [1.54, 1.807) is 0 Å². The summed E-state index contributed by atoms with van der Waals surface area (Å²) in [6.45, 7) is 4.30. The summed E-state index contributed by atoms with van der Waals surface area (Å²) in [5.41, 5.74) is 7.27. The van der Waals surface area contributed by atoms with E-state index in [0.717, 1.165) is 35.4 Å². The molecule has 0 aromatic heterocycles. The Morgan fingerprint density at radius 3 is 2.94 bits per heavy atom. The topological polar surface area (TPSA) is 29.3 Å². The van der Waals surface area contributed by atoms with Crippen LogP contribution in [-0.2, 0) is 6.54 Å². The molecule has 4 heteroatoms. The third-order valence-corrected chi connectivity index (χ3v) is 4.42. The van der Waals surface area contributed by atoms with Crippen LogP contribution in [0.15, 0.2) is 22.7 Å². The molecule has 1 aromatic carbocycles.